The van der Waals surface area contributed by atoms with Crippen molar-refractivity contribution in [2.24, 2.45) is 17.8 Å². The van der Waals surface area contributed by atoms with Crippen molar-refractivity contribution in [2.45, 2.75) is 64.5 Å². The number of rotatable bonds is 6. The molecule has 3 rings (SSSR count). The molecule has 0 aromatic heterocycles. The summed E-state index contributed by atoms with van der Waals surface area (Å²) in [6.45, 7) is 4.72. The van der Waals surface area contributed by atoms with Crippen molar-refractivity contribution in [1.82, 2.24) is 5.32 Å². The van der Waals surface area contributed by atoms with Gasteiger partial charge in [0, 0.05) is 12.1 Å². The number of hydrogen-bond acceptors (Lipinski definition) is 1. The zero-order valence-electron chi connectivity index (χ0n) is 13.0. The van der Waals surface area contributed by atoms with Crippen LogP contribution in [0.5, 0.6) is 0 Å². The van der Waals surface area contributed by atoms with E-state index in [-0.39, 0.29) is 0 Å². The summed E-state index contributed by atoms with van der Waals surface area (Å²) in [5.74, 6) is 2.99. The third-order valence-electron chi connectivity index (χ3n) is 5.68. The van der Waals surface area contributed by atoms with Crippen LogP contribution in [-0.2, 0) is 0 Å². The van der Waals surface area contributed by atoms with Crippen LogP contribution in [0.25, 0.3) is 0 Å². The number of benzene rings is 1. The smallest absolute Gasteiger partial charge is 0.0322 e. The van der Waals surface area contributed by atoms with Gasteiger partial charge in [-0.1, -0.05) is 50.1 Å². The molecule has 0 spiro atoms. The maximum Gasteiger partial charge on any atom is 0.0322 e. The lowest BCUT2D eigenvalue weighted by Crippen LogP contribution is -2.38. The fraction of sp³-hybridized carbons (Fsp3) is 0.684. The summed E-state index contributed by atoms with van der Waals surface area (Å²) in [7, 11) is 0. The maximum absolute atomic E-state index is 3.96. The highest BCUT2D eigenvalue weighted by Crippen LogP contribution is 2.49. The lowest BCUT2D eigenvalue weighted by molar-refractivity contribution is 0.241. The first-order chi connectivity index (χ1) is 9.78. The van der Waals surface area contributed by atoms with E-state index in [1.807, 2.05) is 0 Å². The molecule has 1 N–H and O–H groups in total. The third-order valence-corrected chi connectivity index (χ3v) is 5.68. The van der Waals surface area contributed by atoms with Crippen LogP contribution in [0.2, 0.25) is 0 Å². The fourth-order valence-electron chi connectivity index (χ4n) is 4.67. The Labute approximate surface area is 124 Å². The Balaban J connectivity index is 1.64. The molecule has 110 valence electrons. The highest BCUT2D eigenvalue weighted by Gasteiger charge is 2.42. The largest absolute Gasteiger partial charge is 0.307 e. The van der Waals surface area contributed by atoms with Crippen molar-refractivity contribution >= 4 is 0 Å². The standard InChI is InChI=1S/C19H29N/c1-3-7-19(16-8-5-4-6-9-16)20-14(2)18-13-15-10-11-17(18)12-15/h4-6,8-9,14-15,17-20H,3,7,10-13H2,1-2H3. The van der Waals surface area contributed by atoms with E-state index in [4.69, 9.17) is 0 Å². The number of hydrogen-bond donors (Lipinski definition) is 1. The van der Waals surface area contributed by atoms with E-state index in [1.165, 1.54) is 44.1 Å². The molecule has 1 aromatic rings. The molecular formula is C19H29N. The van der Waals surface area contributed by atoms with Crippen LogP contribution in [0.3, 0.4) is 0 Å². The van der Waals surface area contributed by atoms with E-state index in [0.717, 1.165) is 17.8 Å². The van der Waals surface area contributed by atoms with Gasteiger partial charge in [0.25, 0.3) is 0 Å². The van der Waals surface area contributed by atoms with Gasteiger partial charge in [-0.3, -0.25) is 0 Å². The van der Waals surface area contributed by atoms with Gasteiger partial charge in [0.15, 0.2) is 0 Å². The Morgan fingerprint density at radius 3 is 2.55 bits per heavy atom. The van der Waals surface area contributed by atoms with Crippen LogP contribution >= 0.6 is 0 Å². The minimum Gasteiger partial charge on any atom is -0.307 e. The third kappa shape index (κ3) is 2.93. The normalized spacial score (nSPS) is 31.4. The van der Waals surface area contributed by atoms with Crippen molar-refractivity contribution in [3.8, 4) is 0 Å². The molecule has 0 saturated heterocycles. The number of fused-ring (bicyclic) bond motifs is 2. The van der Waals surface area contributed by atoms with Crippen molar-refractivity contribution in [2.75, 3.05) is 0 Å². The monoisotopic (exact) mass is 271 g/mol. The van der Waals surface area contributed by atoms with E-state index in [9.17, 15) is 0 Å². The second-order valence-corrected chi connectivity index (χ2v) is 7.05. The first-order valence-corrected chi connectivity index (χ1v) is 8.59. The van der Waals surface area contributed by atoms with E-state index in [1.54, 1.807) is 0 Å². The summed E-state index contributed by atoms with van der Waals surface area (Å²) >= 11 is 0. The van der Waals surface area contributed by atoms with Gasteiger partial charge in [-0.25, -0.2) is 0 Å². The van der Waals surface area contributed by atoms with Gasteiger partial charge in [-0.15, -0.1) is 0 Å². The minimum absolute atomic E-state index is 0.537. The van der Waals surface area contributed by atoms with Crippen LogP contribution in [-0.4, -0.2) is 6.04 Å². The van der Waals surface area contributed by atoms with Gasteiger partial charge in [0.05, 0.1) is 0 Å². The Morgan fingerprint density at radius 1 is 1.15 bits per heavy atom. The lowest BCUT2D eigenvalue weighted by Gasteiger charge is -2.32. The molecule has 1 aromatic carbocycles. The summed E-state index contributed by atoms with van der Waals surface area (Å²) in [5, 5.41) is 3.96. The fourth-order valence-corrected chi connectivity index (χ4v) is 4.67. The van der Waals surface area contributed by atoms with E-state index < -0.39 is 0 Å². The molecule has 0 radical (unpaired) electrons. The zero-order chi connectivity index (χ0) is 13.9. The molecule has 5 atom stereocenters. The first kappa shape index (κ1) is 14.1. The van der Waals surface area contributed by atoms with Crippen LogP contribution in [0.4, 0.5) is 0 Å². The molecule has 2 aliphatic rings. The molecule has 1 nitrogen and oxygen atoms in total. The molecule has 2 aliphatic carbocycles. The summed E-state index contributed by atoms with van der Waals surface area (Å²) < 4.78 is 0. The van der Waals surface area contributed by atoms with E-state index >= 15 is 0 Å². The Kier molecular flexibility index (Phi) is 4.45. The van der Waals surface area contributed by atoms with Gasteiger partial charge in [-0.05, 0) is 55.9 Å². The van der Waals surface area contributed by atoms with Gasteiger partial charge >= 0.3 is 0 Å². The predicted octanol–water partition coefficient (Wildman–Crippen LogP) is 4.94. The van der Waals surface area contributed by atoms with Crippen LogP contribution in [0, 0.1) is 17.8 Å². The average Bonchev–Trinajstić information content (AvgIpc) is 3.10. The zero-order valence-corrected chi connectivity index (χ0v) is 13.0. The predicted molar refractivity (Wildman–Crippen MR) is 85.6 cm³/mol. The van der Waals surface area contributed by atoms with Crippen LogP contribution in [0.15, 0.2) is 30.3 Å². The van der Waals surface area contributed by atoms with Crippen LogP contribution in [0.1, 0.15) is 64.0 Å². The Morgan fingerprint density at radius 2 is 1.95 bits per heavy atom. The molecule has 0 aliphatic heterocycles. The highest BCUT2D eigenvalue weighted by molar-refractivity contribution is 5.19. The summed E-state index contributed by atoms with van der Waals surface area (Å²) in [6.07, 6.45) is 8.48. The van der Waals surface area contributed by atoms with E-state index in [0.29, 0.717) is 12.1 Å². The molecule has 20 heavy (non-hydrogen) atoms. The molecule has 2 saturated carbocycles. The second kappa shape index (κ2) is 6.30. The summed E-state index contributed by atoms with van der Waals surface area (Å²) in [6, 6.07) is 12.2. The Hall–Kier alpha value is -0.820. The van der Waals surface area contributed by atoms with Gasteiger partial charge < -0.3 is 5.32 Å². The highest BCUT2D eigenvalue weighted by atomic mass is 15.0. The quantitative estimate of drug-likeness (QED) is 0.772. The SMILES string of the molecule is CCCC(NC(C)C1CC2CCC1C2)c1ccccc1. The maximum atomic E-state index is 3.96. The number of nitrogens with one attached hydrogen (secondary N) is 1. The van der Waals surface area contributed by atoms with Gasteiger partial charge in [-0.2, -0.15) is 0 Å². The minimum atomic E-state index is 0.537. The first-order valence-electron chi connectivity index (χ1n) is 8.59. The molecule has 0 amide bonds. The molecule has 0 heterocycles. The van der Waals surface area contributed by atoms with Crippen LogP contribution < -0.4 is 5.32 Å². The van der Waals surface area contributed by atoms with Crippen molar-refractivity contribution in [3.63, 3.8) is 0 Å². The topological polar surface area (TPSA) is 12.0 Å². The molecule has 1 heteroatoms. The Bertz CT molecular complexity index is 413. The molecule has 2 fully saturated rings. The average molecular weight is 271 g/mol. The van der Waals surface area contributed by atoms with Crippen molar-refractivity contribution in [3.05, 3.63) is 35.9 Å². The van der Waals surface area contributed by atoms with Crippen molar-refractivity contribution in [1.29, 1.82) is 0 Å². The van der Waals surface area contributed by atoms with Crippen molar-refractivity contribution < 1.29 is 0 Å². The second-order valence-electron chi connectivity index (χ2n) is 7.05. The molecular weight excluding hydrogens is 242 g/mol. The van der Waals surface area contributed by atoms with E-state index in [2.05, 4.69) is 49.5 Å². The summed E-state index contributed by atoms with van der Waals surface area (Å²) in [5.41, 5.74) is 1.46. The summed E-state index contributed by atoms with van der Waals surface area (Å²) in [4.78, 5) is 0. The van der Waals surface area contributed by atoms with Gasteiger partial charge in [0.1, 0.15) is 0 Å². The molecule has 2 bridgehead atoms. The lowest BCUT2D eigenvalue weighted by atomic mass is 9.83. The molecule has 5 unspecified atom stereocenters. The van der Waals surface area contributed by atoms with Gasteiger partial charge in [0.2, 0.25) is 0 Å².